The van der Waals surface area contributed by atoms with Gasteiger partial charge in [0.15, 0.2) is 12.4 Å². The molecule has 9 nitrogen and oxygen atoms in total. The van der Waals surface area contributed by atoms with Gasteiger partial charge >= 0.3 is 11.9 Å². The fourth-order valence-electron chi connectivity index (χ4n) is 8.32. The third-order valence-corrected chi connectivity index (χ3v) is 12.9. The maximum atomic E-state index is 12.9. The van der Waals surface area contributed by atoms with Gasteiger partial charge < -0.3 is 33.3 Å². The second kappa shape index (κ2) is 55.0. The molecule has 0 spiro atoms. The molecule has 9 heteroatoms. The van der Waals surface area contributed by atoms with Crippen LogP contribution in [0.2, 0.25) is 0 Å². The first-order valence-electron chi connectivity index (χ1n) is 30.1. The summed E-state index contributed by atoms with van der Waals surface area (Å²) in [6.07, 6.45) is 68.2. The van der Waals surface area contributed by atoms with Gasteiger partial charge in [-0.3, -0.25) is 9.59 Å². The number of carbonyl (C=O) groups is 3. The van der Waals surface area contributed by atoms with Crippen LogP contribution in [0.4, 0.5) is 0 Å². The van der Waals surface area contributed by atoms with Crippen molar-refractivity contribution in [2.45, 2.75) is 270 Å². The molecule has 0 aliphatic carbocycles. The smallest absolute Gasteiger partial charge is 0.306 e. The van der Waals surface area contributed by atoms with Crippen molar-refractivity contribution in [1.29, 1.82) is 0 Å². The van der Waals surface area contributed by atoms with Gasteiger partial charge in [0.1, 0.15) is 13.2 Å². The van der Waals surface area contributed by atoms with Crippen molar-refractivity contribution in [3.05, 3.63) is 72.9 Å². The summed E-state index contributed by atoms with van der Waals surface area (Å²) in [6, 6.07) is 0. The van der Waals surface area contributed by atoms with Crippen LogP contribution in [-0.2, 0) is 33.3 Å². The summed E-state index contributed by atoms with van der Waals surface area (Å²) in [5, 5.41) is 11.8. The molecule has 0 saturated carbocycles. The number of esters is 2. The number of quaternary nitrogens is 1. The number of carbonyl (C=O) groups excluding carboxylic acids is 3. The Morgan fingerprint density at radius 3 is 1.16 bits per heavy atom. The third kappa shape index (κ3) is 56.3. The van der Waals surface area contributed by atoms with E-state index < -0.39 is 24.3 Å². The Balaban J connectivity index is 4.16. The number of unbranched alkanes of at least 4 members (excludes halogenated alkanes) is 28. The lowest BCUT2D eigenvalue weighted by molar-refractivity contribution is -0.870. The fraction of sp³-hybridized carbons (Fsp3) is 0.766. The number of allylic oxidation sites excluding steroid dienone is 12. The predicted octanol–water partition coefficient (Wildman–Crippen LogP) is 16.5. The van der Waals surface area contributed by atoms with E-state index in [9.17, 15) is 19.5 Å². The number of ether oxygens (including phenoxy) is 4. The maximum absolute atomic E-state index is 12.9. The SMILES string of the molecule is CC/C=C\C/C=C\C/C=C\CCCCCCCCCC(=O)OCC(COC(OCC[N+](C)(C)C)C(=O)[O-])OC(=O)CCCCCCCCCCCCCCCCCC/C=C\C/C=C\C/C=C\CCCCCCC. The quantitative estimate of drug-likeness (QED) is 0.0195. The minimum absolute atomic E-state index is 0.144. The Morgan fingerprint density at radius 2 is 0.781 bits per heavy atom. The minimum Gasteiger partial charge on any atom is -0.545 e. The molecule has 0 aromatic carbocycles. The van der Waals surface area contributed by atoms with Gasteiger partial charge in [0.25, 0.3) is 0 Å². The van der Waals surface area contributed by atoms with Crippen LogP contribution in [0.5, 0.6) is 0 Å². The Bertz CT molecular complexity index is 1420. The zero-order chi connectivity index (χ0) is 53.4. The number of carboxylic acids is 1. The number of hydrogen-bond donors (Lipinski definition) is 0. The van der Waals surface area contributed by atoms with E-state index in [0.717, 1.165) is 77.0 Å². The zero-order valence-corrected chi connectivity index (χ0v) is 48.0. The number of hydrogen-bond acceptors (Lipinski definition) is 8. The van der Waals surface area contributed by atoms with Crippen molar-refractivity contribution in [3.8, 4) is 0 Å². The van der Waals surface area contributed by atoms with Crippen LogP contribution < -0.4 is 5.11 Å². The largest absolute Gasteiger partial charge is 0.545 e. The van der Waals surface area contributed by atoms with E-state index in [-0.39, 0.29) is 38.6 Å². The van der Waals surface area contributed by atoms with E-state index in [4.69, 9.17) is 18.9 Å². The van der Waals surface area contributed by atoms with Gasteiger partial charge in [0, 0.05) is 12.8 Å². The molecule has 0 N–H and O–H groups in total. The number of carboxylic acid groups (broad SMARTS) is 1. The lowest BCUT2D eigenvalue weighted by atomic mass is 10.0. The predicted molar refractivity (Wildman–Crippen MR) is 306 cm³/mol. The summed E-state index contributed by atoms with van der Waals surface area (Å²) in [6.45, 7) is 4.63. The summed E-state index contributed by atoms with van der Waals surface area (Å²) in [7, 11) is 5.92. The molecule has 0 aliphatic rings. The van der Waals surface area contributed by atoms with Crippen LogP contribution in [0, 0.1) is 0 Å². The molecule has 0 aliphatic heterocycles. The number of nitrogens with zero attached hydrogens (tertiary/aromatic N) is 1. The Labute approximate surface area is 449 Å². The highest BCUT2D eigenvalue weighted by molar-refractivity contribution is 5.70. The zero-order valence-electron chi connectivity index (χ0n) is 48.0. The summed E-state index contributed by atoms with van der Waals surface area (Å²) < 4.78 is 22.7. The van der Waals surface area contributed by atoms with Crippen molar-refractivity contribution in [3.63, 3.8) is 0 Å². The standard InChI is InChI=1S/C64H113NO8/c1-6-8-10-12-14-16-18-20-22-24-25-26-27-28-29-30-31-32-33-34-35-36-37-39-41-43-45-47-49-51-53-55-62(67)73-60(59-72-64(63(68)69)70-57-56-65(3,4)5)58-71-61(66)54-52-50-48-46-44-42-40-38-23-21-19-17-15-13-11-9-7-2/h9,11,15,17-18,20-21,23-25,27-28,60,64H,6-8,10,12-14,16,19,22,26,29-59H2,1-5H3/b11-9-,17-15-,20-18-,23-21-,25-24-,28-27-. The van der Waals surface area contributed by atoms with Gasteiger partial charge in [-0.15, -0.1) is 0 Å². The van der Waals surface area contributed by atoms with Crippen LogP contribution in [0.25, 0.3) is 0 Å². The Morgan fingerprint density at radius 1 is 0.425 bits per heavy atom. The van der Waals surface area contributed by atoms with E-state index >= 15 is 0 Å². The Kier molecular flexibility index (Phi) is 52.5. The van der Waals surface area contributed by atoms with Gasteiger partial charge in [0.05, 0.1) is 40.3 Å². The molecule has 0 rings (SSSR count). The molecule has 2 atom stereocenters. The Hall–Kier alpha value is -3.27. The molecule has 422 valence electrons. The van der Waals surface area contributed by atoms with E-state index in [0.29, 0.717) is 17.4 Å². The average molecular weight is 1020 g/mol. The molecule has 0 saturated heterocycles. The van der Waals surface area contributed by atoms with Gasteiger partial charge in [-0.05, 0) is 83.5 Å². The molecule has 0 aromatic heterocycles. The highest BCUT2D eigenvalue weighted by Gasteiger charge is 2.22. The summed E-state index contributed by atoms with van der Waals surface area (Å²) in [5.41, 5.74) is 0. The lowest BCUT2D eigenvalue weighted by Crippen LogP contribution is -2.44. The lowest BCUT2D eigenvalue weighted by Gasteiger charge is -2.26. The highest BCUT2D eigenvalue weighted by Crippen LogP contribution is 2.16. The van der Waals surface area contributed by atoms with Gasteiger partial charge in [-0.1, -0.05) is 234 Å². The topological polar surface area (TPSA) is 111 Å². The van der Waals surface area contributed by atoms with Crippen molar-refractivity contribution in [2.75, 3.05) is 47.5 Å². The second-order valence-corrected chi connectivity index (χ2v) is 21.3. The molecule has 73 heavy (non-hydrogen) atoms. The minimum atomic E-state index is -1.63. The van der Waals surface area contributed by atoms with Crippen molar-refractivity contribution in [2.24, 2.45) is 0 Å². The summed E-state index contributed by atoms with van der Waals surface area (Å²) >= 11 is 0. The first-order chi connectivity index (χ1) is 35.6. The normalized spacial score (nSPS) is 13.3. The number of likely N-dealkylation sites (N-methyl/N-ethyl adjacent to an activating group) is 1. The molecule has 0 amide bonds. The molecule has 0 bridgehead atoms. The molecule has 0 aromatic rings. The van der Waals surface area contributed by atoms with Crippen molar-refractivity contribution < 1.29 is 42.9 Å². The highest BCUT2D eigenvalue weighted by atomic mass is 16.7. The molecule has 0 radical (unpaired) electrons. The maximum Gasteiger partial charge on any atom is 0.306 e. The monoisotopic (exact) mass is 1020 g/mol. The van der Waals surface area contributed by atoms with E-state index in [2.05, 4.69) is 86.8 Å². The number of aliphatic carboxylic acids is 1. The third-order valence-electron chi connectivity index (χ3n) is 12.9. The first kappa shape index (κ1) is 69.7. The van der Waals surface area contributed by atoms with Gasteiger partial charge in [-0.25, -0.2) is 0 Å². The molecule has 2 unspecified atom stereocenters. The summed E-state index contributed by atoms with van der Waals surface area (Å²) in [4.78, 5) is 37.3. The fourth-order valence-corrected chi connectivity index (χ4v) is 8.32. The van der Waals surface area contributed by atoms with Crippen LogP contribution in [-0.4, -0.2) is 82.3 Å². The van der Waals surface area contributed by atoms with Gasteiger partial charge in [-0.2, -0.15) is 0 Å². The molecule has 0 fully saturated rings. The second-order valence-electron chi connectivity index (χ2n) is 21.3. The summed E-state index contributed by atoms with van der Waals surface area (Å²) in [5.74, 6) is -2.29. The van der Waals surface area contributed by atoms with Crippen LogP contribution in [0.15, 0.2) is 72.9 Å². The van der Waals surface area contributed by atoms with Crippen LogP contribution >= 0.6 is 0 Å². The van der Waals surface area contributed by atoms with Crippen molar-refractivity contribution in [1.82, 2.24) is 0 Å². The van der Waals surface area contributed by atoms with Crippen LogP contribution in [0.3, 0.4) is 0 Å². The van der Waals surface area contributed by atoms with E-state index in [1.54, 1.807) is 0 Å². The van der Waals surface area contributed by atoms with Crippen LogP contribution in [0.1, 0.15) is 258 Å². The van der Waals surface area contributed by atoms with E-state index in [1.165, 1.54) is 148 Å². The van der Waals surface area contributed by atoms with Crippen molar-refractivity contribution >= 4 is 17.9 Å². The van der Waals surface area contributed by atoms with E-state index in [1.807, 2.05) is 21.1 Å². The molecule has 0 heterocycles. The molecular weight excluding hydrogens is 911 g/mol. The molecular formula is C64H113NO8. The average Bonchev–Trinajstić information content (AvgIpc) is 3.36. The van der Waals surface area contributed by atoms with Gasteiger partial charge in [0.2, 0.25) is 0 Å². The number of rotatable bonds is 55. The first-order valence-corrected chi connectivity index (χ1v) is 30.1.